The van der Waals surface area contributed by atoms with Gasteiger partial charge in [0.15, 0.2) is 12.0 Å². The van der Waals surface area contributed by atoms with Crippen molar-refractivity contribution in [3.63, 3.8) is 0 Å². The molecule has 4 saturated carbocycles. The van der Waals surface area contributed by atoms with Crippen LogP contribution in [0, 0.1) is 28.6 Å². The topological polar surface area (TPSA) is 70.9 Å². The lowest BCUT2D eigenvalue weighted by Crippen LogP contribution is -2.63. The van der Waals surface area contributed by atoms with Crippen LogP contribution in [0.25, 0.3) is 0 Å². The van der Waals surface area contributed by atoms with E-state index in [9.17, 15) is 14.3 Å². The van der Waals surface area contributed by atoms with Gasteiger partial charge in [-0.2, -0.15) is 0 Å². The smallest absolute Gasteiger partial charge is 0.173 e. The van der Waals surface area contributed by atoms with E-state index in [2.05, 4.69) is 24.0 Å². The van der Waals surface area contributed by atoms with Crippen LogP contribution in [-0.4, -0.2) is 47.6 Å². The molecule has 4 aliphatic carbocycles. The number of carbonyl (C=O) groups is 1. The molecule has 0 aromatic rings. The molecular weight excluding hydrogens is 383 g/mol. The van der Waals surface area contributed by atoms with E-state index in [-0.39, 0.29) is 35.1 Å². The van der Waals surface area contributed by atoms with Crippen molar-refractivity contribution in [2.45, 2.75) is 83.1 Å². The minimum atomic E-state index is -1.33. The number of aliphatic hydroxyl groups is 1. The molecule has 0 radical (unpaired) electrons. The van der Waals surface area contributed by atoms with E-state index < -0.39 is 17.2 Å². The number of ketones is 1. The van der Waals surface area contributed by atoms with Crippen LogP contribution in [0.5, 0.6) is 0 Å². The van der Waals surface area contributed by atoms with Crippen molar-refractivity contribution in [1.82, 2.24) is 5.32 Å². The standard InChI is InChI=1S/C24H35FN2O3/c1-14-10-17-18(5-7-22(2)19(17)11-20(25)21(22)28)23(3)8-4-15(12-24(14,23)29)27-30-16-6-9-26-13-16/h16-20,26,29H,1,4-13H2,2-3H3/t16?,17?,18?,19?,20?,22-,23+,24-/m0/s1. The van der Waals surface area contributed by atoms with Gasteiger partial charge in [-0.1, -0.05) is 25.6 Å². The summed E-state index contributed by atoms with van der Waals surface area (Å²) >= 11 is 0. The Morgan fingerprint density at radius 2 is 2.07 bits per heavy atom. The summed E-state index contributed by atoms with van der Waals surface area (Å²) in [4.78, 5) is 18.3. The van der Waals surface area contributed by atoms with Crippen molar-refractivity contribution in [3.8, 4) is 0 Å². The fraction of sp³-hybridized carbons (Fsp3) is 0.833. The number of fused-ring (bicyclic) bond motifs is 5. The second-order valence-corrected chi connectivity index (χ2v) is 11.0. The lowest BCUT2D eigenvalue weighted by molar-refractivity contribution is -0.161. The molecule has 5 nitrogen and oxygen atoms in total. The largest absolute Gasteiger partial charge is 0.391 e. The third-order valence-corrected chi connectivity index (χ3v) is 9.70. The molecule has 0 aromatic heterocycles. The summed E-state index contributed by atoms with van der Waals surface area (Å²) in [6.45, 7) is 10.3. The quantitative estimate of drug-likeness (QED) is 0.531. The molecule has 5 fully saturated rings. The van der Waals surface area contributed by atoms with Crippen LogP contribution >= 0.6 is 0 Å². The van der Waals surface area contributed by atoms with E-state index in [1.165, 1.54) is 0 Å². The van der Waals surface area contributed by atoms with Crippen LogP contribution in [0.2, 0.25) is 0 Å². The van der Waals surface area contributed by atoms with Crippen LogP contribution in [0.3, 0.4) is 0 Å². The average molecular weight is 419 g/mol. The fourth-order valence-electron chi connectivity index (χ4n) is 7.73. The number of hydrogen-bond acceptors (Lipinski definition) is 5. The molecule has 5 rings (SSSR count). The van der Waals surface area contributed by atoms with Crippen molar-refractivity contribution in [1.29, 1.82) is 0 Å². The molecule has 0 aromatic carbocycles. The van der Waals surface area contributed by atoms with Crippen molar-refractivity contribution in [2.75, 3.05) is 13.1 Å². The Bertz CT molecular complexity index is 793. The number of halogens is 1. The zero-order valence-electron chi connectivity index (χ0n) is 18.3. The van der Waals surface area contributed by atoms with Gasteiger partial charge in [0.05, 0.1) is 11.3 Å². The van der Waals surface area contributed by atoms with Crippen molar-refractivity contribution >= 4 is 11.5 Å². The summed E-state index contributed by atoms with van der Waals surface area (Å²) in [6.07, 6.45) is 4.48. The maximum absolute atomic E-state index is 14.4. The van der Waals surface area contributed by atoms with Gasteiger partial charge in [-0.05, 0) is 68.4 Å². The summed E-state index contributed by atoms with van der Waals surface area (Å²) in [7, 11) is 0. The summed E-state index contributed by atoms with van der Waals surface area (Å²) in [5.74, 6) is 0.375. The number of hydrogen-bond donors (Lipinski definition) is 2. The van der Waals surface area contributed by atoms with E-state index >= 15 is 0 Å². The number of alkyl halides is 1. The molecule has 1 saturated heterocycles. The van der Waals surface area contributed by atoms with Crippen LogP contribution in [-0.2, 0) is 9.63 Å². The fourth-order valence-corrected chi connectivity index (χ4v) is 7.73. The van der Waals surface area contributed by atoms with Crippen LogP contribution in [0.15, 0.2) is 17.3 Å². The van der Waals surface area contributed by atoms with Gasteiger partial charge in [-0.25, -0.2) is 4.39 Å². The van der Waals surface area contributed by atoms with Gasteiger partial charge >= 0.3 is 0 Å². The second kappa shape index (κ2) is 6.86. The Hall–Kier alpha value is -1.27. The first-order chi connectivity index (χ1) is 14.2. The highest BCUT2D eigenvalue weighted by Crippen LogP contribution is 2.67. The van der Waals surface area contributed by atoms with Crippen LogP contribution < -0.4 is 5.32 Å². The Labute approximate surface area is 178 Å². The number of nitrogens with zero attached hydrogens (tertiary/aromatic N) is 1. The molecule has 0 spiro atoms. The molecular formula is C24H35FN2O3. The molecule has 5 unspecified atom stereocenters. The third-order valence-electron chi connectivity index (χ3n) is 9.70. The Kier molecular flexibility index (Phi) is 4.72. The predicted molar refractivity (Wildman–Crippen MR) is 113 cm³/mol. The van der Waals surface area contributed by atoms with Gasteiger partial charge in [0.25, 0.3) is 0 Å². The third kappa shape index (κ3) is 2.72. The zero-order chi connectivity index (χ0) is 21.3. The number of nitrogens with one attached hydrogen (secondary N) is 1. The van der Waals surface area contributed by atoms with Gasteiger partial charge in [-0.3, -0.25) is 4.79 Å². The molecule has 30 heavy (non-hydrogen) atoms. The number of rotatable bonds is 2. The Balaban J connectivity index is 1.40. The maximum atomic E-state index is 14.4. The monoisotopic (exact) mass is 418 g/mol. The number of Topliss-reactive ketones (excluding diaryl/α,β-unsaturated/α-hetero) is 1. The van der Waals surface area contributed by atoms with Gasteiger partial charge < -0.3 is 15.3 Å². The zero-order valence-corrected chi connectivity index (χ0v) is 18.3. The lowest BCUT2D eigenvalue weighted by atomic mass is 9.43. The van der Waals surface area contributed by atoms with Gasteiger partial charge in [0.1, 0.15) is 6.10 Å². The first kappa shape index (κ1) is 20.6. The molecule has 5 aliphatic rings. The maximum Gasteiger partial charge on any atom is 0.173 e. The highest BCUT2D eigenvalue weighted by atomic mass is 19.1. The number of carbonyl (C=O) groups excluding carboxylic acids is 1. The van der Waals surface area contributed by atoms with Crippen molar-refractivity contribution in [3.05, 3.63) is 12.2 Å². The molecule has 1 heterocycles. The summed E-state index contributed by atoms with van der Waals surface area (Å²) in [5, 5.41) is 19.7. The van der Waals surface area contributed by atoms with E-state index in [1.54, 1.807) is 0 Å². The Morgan fingerprint density at radius 1 is 1.27 bits per heavy atom. The summed E-state index contributed by atoms with van der Waals surface area (Å²) in [6, 6.07) is 0. The average Bonchev–Trinajstić information content (AvgIpc) is 3.30. The van der Waals surface area contributed by atoms with Gasteiger partial charge in [0.2, 0.25) is 0 Å². The van der Waals surface area contributed by atoms with Crippen molar-refractivity contribution in [2.24, 2.45) is 33.7 Å². The molecule has 0 amide bonds. The SMILES string of the molecule is C=C1CC2C3CC(F)C(=O)[C@@]3(C)CCC2[C@@]2(C)CCC(=NOC3CCNC3)C[C@]12O. The molecule has 1 aliphatic heterocycles. The molecule has 166 valence electrons. The van der Waals surface area contributed by atoms with E-state index in [0.29, 0.717) is 19.3 Å². The molecule has 2 N–H and O–H groups in total. The van der Waals surface area contributed by atoms with Gasteiger partial charge in [0, 0.05) is 30.2 Å². The second-order valence-electron chi connectivity index (χ2n) is 11.0. The summed E-state index contributed by atoms with van der Waals surface area (Å²) < 4.78 is 14.4. The number of oxime groups is 1. The minimum Gasteiger partial charge on any atom is -0.391 e. The van der Waals surface area contributed by atoms with Crippen LogP contribution in [0.1, 0.15) is 65.2 Å². The predicted octanol–water partition coefficient (Wildman–Crippen LogP) is 3.56. The summed E-state index contributed by atoms with van der Waals surface area (Å²) in [5.41, 5.74) is -0.118. The highest BCUT2D eigenvalue weighted by Gasteiger charge is 2.67. The Morgan fingerprint density at radius 3 is 2.80 bits per heavy atom. The minimum absolute atomic E-state index is 0.0603. The normalized spacial score (nSPS) is 52.1. The highest BCUT2D eigenvalue weighted by molar-refractivity contribution is 5.91. The lowest BCUT2D eigenvalue weighted by Gasteiger charge is -2.63. The van der Waals surface area contributed by atoms with E-state index in [0.717, 1.165) is 56.5 Å². The molecule has 6 heteroatoms. The van der Waals surface area contributed by atoms with E-state index in [4.69, 9.17) is 4.84 Å². The first-order valence-electron chi connectivity index (χ1n) is 11.7. The molecule has 0 bridgehead atoms. The van der Waals surface area contributed by atoms with Crippen LogP contribution in [0.4, 0.5) is 4.39 Å². The van der Waals surface area contributed by atoms with E-state index in [1.807, 2.05) is 6.92 Å². The van der Waals surface area contributed by atoms with Gasteiger partial charge in [-0.15, -0.1) is 0 Å². The first-order valence-corrected chi connectivity index (χ1v) is 11.7. The van der Waals surface area contributed by atoms with Crippen molar-refractivity contribution < 1.29 is 19.1 Å². The molecule has 8 atom stereocenters.